The van der Waals surface area contributed by atoms with Crippen LogP contribution in [0.4, 0.5) is 0 Å². The normalized spacial score (nSPS) is 25.8. The SMILES string of the molecule is N[C@H]1[C@@H](OCc2ccccc2)[C@@H](OCc2ccccc2)O[C@@H]1C(=O)O. The zero-order valence-electron chi connectivity index (χ0n) is 13.7. The minimum atomic E-state index is -1.15. The van der Waals surface area contributed by atoms with Gasteiger partial charge in [0.05, 0.1) is 19.3 Å². The fourth-order valence-corrected chi connectivity index (χ4v) is 2.73. The summed E-state index contributed by atoms with van der Waals surface area (Å²) < 4.78 is 17.1. The minimum Gasteiger partial charge on any atom is -0.479 e. The van der Waals surface area contributed by atoms with Gasteiger partial charge in [-0.1, -0.05) is 60.7 Å². The number of nitrogens with two attached hydrogens (primary N) is 1. The van der Waals surface area contributed by atoms with Gasteiger partial charge in [0.15, 0.2) is 12.4 Å². The molecule has 6 nitrogen and oxygen atoms in total. The highest BCUT2D eigenvalue weighted by Gasteiger charge is 2.47. The number of carboxylic acids is 1. The van der Waals surface area contributed by atoms with E-state index in [1.165, 1.54) is 0 Å². The number of hydrogen-bond acceptors (Lipinski definition) is 5. The van der Waals surface area contributed by atoms with Crippen molar-refractivity contribution in [2.24, 2.45) is 5.73 Å². The molecule has 2 aromatic rings. The Morgan fingerprint density at radius 3 is 2.00 bits per heavy atom. The summed E-state index contributed by atoms with van der Waals surface area (Å²) in [5.74, 6) is -1.12. The van der Waals surface area contributed by atoms with Gasteiger partial charge in [-0.25, -0.2) is 4.79 Å². The van der Waals surface area contributed by atoms with Gasteiger partial charge in [-0.2, -0.15) is 0 Å². The first-order valence-electron chi connectivity index (χ1n) is 8.10. The number of hydrogen-bond donors (Lipinski definition) is 2. The topological polar surface area (TPSA) is 91.0 Å². The van der Waals surface area contributed by atoms with Gasteiger partial charge < -0.3 is 25.1 Å². The van der Waals surface area contributed by atoms with E-state index in [-0.39, 0.29) is 6.61 Å². The molecule has 4 atom stereocenters. The van der Waals surface area contributed by atoms with Gasteiger partial charge in [-0.15, -0.1) is 0 Å². The molecule has 2 aromatic carbocycles. The molecule has 0 saturated carbocycles. The highest BCUT2D eigenvalue weighted by atomic mass is 16.7. The van der Waals surface area contributed by atoms with E-state index in [9.17, 15) is 9.90 Å². The van der Waals surface area contributed by atoms with Gasteiger partial charge >= 0.3 is 5.97 Å². The Morgan fingerprint density at radius 1 is 0.960 bits per heavy atom. The molecule has 25 heavy (non-hydrogen) atoms. The molecule has 3 N–H and O–H groups in total. The molecule has 0 amide bonds. The fraction of sp³-hybridized carbons (Fsp3) is 0.316. The summed E-state index contributed by atoms with van der Waals surface area (Å²) in [7, 11) is 0. The van der Waals surface area contributed by atoms with Gasteiger partial charge in [0.25, 0.3) is 0 Å². The van der Waals surface area contributed by atoms with Crippen molar-refractivity contribution >= 4 is 5.97 Å². The number of carboxylic acid groups (broad SMARTS) is 1. The summed E-state index contributed by atoms with van der Waals surface area (Å²) in [5.41, 5.74) is 7.96. The van der Waals surface area contributed by atoms with Crippen molar-refractivity contribution in [1.82, 2.24) is 0 Å². The molecule has 0 aliphatic carbocycles. The van der Waals surface area contributed by atoms with E-state index in [2.05, 4.69) is 0 Å². The summed E-state index contributed by atoms with van der Waals surface area (Å²) in [4.78, 5) is 11.3. The first-order valence-corrected chi connectivity index (χ1v) is 8.10. The van der Waals surface area contributed by atoms with E-state index >= 15 is 0 Å². The summed E-state index contributed by atoms with van der Waals surface area (Å²) in [6.45, 7) is 0.593. The number of aliphatic carboxylic acids is 1. The maximum absolute atomic E-state index is 11.3. The van der Waals surface area contributed by atoms with Crippen LogP contribution in [0.3, 0.4) is 0 Å². The Bertz CT molecular complexity index is 679. The Kier molecular flexibility index (Phi) is 5.78. The first kappa shape index (κ1) is 17.6. The van der Waals surface area contributed by atoms with E-state index in [1.807, 2.05) is 60.7 Å². The Labute approximate surface area is 146 Å². The average Bonchev–Trinajstić information content (AvgIpc) is 2.96. The Balaban J connectivity index is 1.65. The van der Waals surface area contributed by atoms with Crippen LogP contribution in [0.5, 0.6) is 0 Å². The second kappa shape index (κ2) is 8.22. The number of rotatable bonds is 7. The van der Waals surface area contributed by atoms with Crippen molar-refractivity contribution in [3.8, 4) is 0 Å². The molecule has 3 rings (SSSR count). The lowest BCUT2D eigenvalue weighted by atomic mass is 10.1. The molecule has 1 aliphatic rings. The van der Waals surface area contributed by atoms with E-state index in [4.69, 9.17) is 19.9 Å². The minimum absolute atomic E-state index is 0.287. The van der Waals surface area contributed by atoms with Crippen LogP contribution >= 0.6 is 0 Å². The molecule has 1 aliphatic heterocycles. The standard InChI is InChI=1S/C19H21NO5/c20-15-16(18(21)22)25-19(24-12-14-9-5-2-6-10-14)17(15)23-11-13-7-3-1-4-8-13/h1-10,15-17,19H,11-12,20H2,(H,21,22)/t15-,16+,17-,19+/m1/s1. The van der Waals surface area contributed by atoms with Crippen molar-refractivity contribution in [1.29, 1.82) is 0 Å². The molecular weight excluding hydrogens is 322 g/mol. The summed E-state index contributed by atoms with van der Waals surface area (Å²) >= 11 is 0. The van der Waals surface area contributed by atoms with Gasteiger partial charge in [-0.05, 0) is 11.1 Å². The summed E-state index contributed by atoms with van der Waals surface area (Å²) in [5, 5.41) is 9.27. The van der Waals surface area contributed by atoms with E-state index in [0.717, 1.165) is 11.1 Å². The predicted octanol–water partition coefficient (Wildman–Crippen LogP) is 1.93. The highest BCUT2D eigenvalue weighted by molar-refractivity contribution is 5.74. The van der Waals surface area contributed by atoms with Crippen LogP contribution < -0.4 is 5.73 Å². The van der Waals surface area contributed by atoms with Crippen molar-refractivity contribution in [3.05, 3.63) is 71.8 Å². The molecule has 0 radical (unpaired) electrons. The largest absolute Gasteiger partial charge is 0.479 e. The molecular formula is C19H21NO5. The van der Waals surface area contributed by atoms with Gasteiger partial charge in [0.1, 0.15) is 6.10 Å². The van der Waals surface area contributed by atoms with Crippen LogP contribution in [-0.4, -0.2) is 35.6 Å². The van der Waals surface area contributed by atoms with Crippen LogP contribution in [0.1, 0.15) is 11.1 Å². The maximum atomic E-state index is 11.3. The molecule has 1 heterocycles. The lowest BCUT2D eigenvalue weighted by Crippen LogP contribution is -2.45. The number of benzene rings is 2. The van der Waals surface area contributed by atoms with E-state index < -0.39 is 30.5 Å². The average molecular weight is 343 g/mol. The Morgan fingerprint density at radius 2 is 1.48 bits per heavy atom. The third-order valence-electron chi connectivity index (χ3n) is 4.06. The van der Waals surface area contributed by atoms with E-state index in [1.54, 1.807) is 0 Å². The lowest BCUT2D eigenvalue weighted by molar-refractivity contribution is -0.192. The van der Waals surface area contributed by atoms with Crippen LogP contribution in [0, 0.1) is 0 Å². The van der Waals surface area contributed by atoms with Crippen LogP contribution in [-0.2, 0) is 32.2 Å². The van der Waals surface area contributed by atoms with Gasteiger partial charge in [-0.3, -0.25) is 0 Å². The second-order valence-electron chi connectivity index (χ2n) is 5.90. The molecule has 1 fully saturated rings. The molecule has 1 saturated heterocycles. The van der Waals surface area contributed by atoms with Crippen molar-refractivity contribution in [3.63, 3.8) is 0 Å². The zero-order chi connectivity index (χ0) is 17.6. The molecule has 0 unspecified atom stereocenters. The van der Waals surface area contributed by atoms with Crippen molar-refractivity contribution in [2.75, 3.05) is 0 Å². The number of carbonyl (C=O) groups is 1. The predicted molar refractivity (Wildman–Crippen MR) is 90.5 cm³/mol. The smallest absolute Gasteiger partial charge is 0.334 e. The highest BCUT2D eigenvalue weighted by Crippen LogP contribution is 2.26. The maximum Gasteiger partial charge on any atom is 0.334 e. The summed E-state index contributed by atoms with van der Waals surface area (Å²) in [6, 6.07) is 18.4. The third kappa shape index (κ3) is 4.43. The molecule has 0 spiro atoms. The van der Waals surface area contributed by atoms with Crippen molar-refractivity contribution < 1.29 is 24.1 Å². The van der Waals surface area contributed by atoms with Crippen LogP contribution in [0.15, 0.2) is 60.7 Å². The van der Waals surface area contributed by atoms with Gasteiger partial charge in [0, 0.05) is 0 Å². The lowest BCUT2D eigenvalue weighted by Gasteiger charge is -2.21. The first-order chi connectivity index (χ1) is 12.1. The molecule has 132 valence electrons. The molecule has 0 bridgehead atoms. The third-order valence-corrected chi connectivity index (χ3v) is 4.06. The Hall–Kier alpha value is -2.25. The molecule has 6 heteroatoms. The van der Waals surface area contributed by atoms with Crippen LogP contribution in [0.2, 0.25) is 0 Å². The molecule has 0 aromatic heterocycles. The quantitative estimate of drug-likeness (QED) is 0.798. The second-order valence-corrected chi connectivity index (χ2v) is 5.90. The summed E-state index contributed by atoms with van der Waals surface area (Å²) in [6.07, 6.45) is -2.65. The monoisotopic (exact) mass is 343 g/mol. The fourth-order valence-electron chi connectivity index (χ4n) is 2.73. The van der Waals surface area contributed by atoms with Crippen LogP contribution in [0.25, 0.3) is 0 Å². The number of ether oxygens (including phenoxy) is 3. The van der Waals surface area contributed by atoms with Crippen molar-refractivity contribution in [2.45, 2.75) is 37.8 Å². The van der Waals surface area contributed by atoms with Gasteiger partial charge in [0.2, 0.25) is 0 Å². The zero-order valence-corrected chi connectivity index (χ0v) is 13.7. The van der Waals surface area contributed by atoms with E-state index in [0.29, 0.717) is 6.61 Å².